The molecular weight excluding hydrogens is 362 g/mol. The smallest absolute Gasteiger partial charge is 0.417 e. The molecule has 29 heavy (non-hydrogen) atoms. The second kappa shape index (κ2) is 10.1. The van der Waals surface area contributed by atoms with Crippen LogP contribution in [0.15, 0.2) is 66.2 Å². The zero-order valence-electron chi connectivity index (χ0n) is 18.1. The average Bonchev–Trinajstić information content (AvgIpc) is 2.65. The Kier molecular flexibility index (Phi) is 7.77. The molecule has 2 rings (SSSR count). The Hall–Kier alpha value is -2.88. The highest BCUT2D eigenvalue weighted by Gasteiger charge is 2.29. The van der Waals surface area contributed by atoms with Crippen molar-refractivity contribution >= 4 is 12.0 Å². The normalized spacial score (nSPS) is 11.8. The van der Waals surface area contributed by atoms with E-state index in [-0.39, 0.29) is 12.5 Å². The molecule has 4 heteroatoms. The highest BCUT2D eigenvalue weighted by atomic mass is 16.6. The molecule has 0 bridgehead atoms. The van der Waals surface area contributed by atoms with Crippen molar-refractivity contribution in [3.05, 3.63) is 82.9 Å². The number of hydrogen-bond acceptors (Lipinski definition) is 3. The first-order valence-corrected chi connectivity index (χ1v) is 10.0. The first-order valence-electron chi connectivity index (χ1n) is 10.0. The fourth-order valence-corrected chi connectivity index (χ4v) is 3.05. The predicted octanol–water partition coefficient (Wildman–Crippen LogP) is 6.16. The number of amides is 2. The summed E-state index contributed by atoms with van der Waals surface area (Å²) in [5, 5.41) is 0. The molecule has 0 heterocycles. The molecule has 0 saturated carbocycles. The molecule has 2 aromatic carbocycles. The van der Waals surface area contributed by atoms with Gasteiger partial charge in [-0.2, -0.15) is 0 Å². The molecular formula is C25H31NO3. The molecule has 4 nitrogen and oxygen atoms in total. The summed E-state index contributed by atoms with van der Waals surface area (Å²) >= 11 is 0. The van der Waals surface area contributed by atoms with E-state index in [1.54, 1.807) is 26.8 Å². The Morgan fingerprint density at radius 3 is 2.24 bits per heavy atom. The van der Waals surface area contributed by atoms with E-state index in [1.165, 1.54) is 10.5 Å². The van der Waals surface area contributed by atoms with Gasteiger partial charge in [-0.25, -0.2) is 9.69 Å². The summed E-state index contributed by atoms with van der Waals surface area (Å²) in [6.45, 7) is 9.69. The van der Waals surface area contributed by atoms with Crippen LogP contribution in [0.3, 0.4) is 0 Å². The van der Waals surface area contributed by atoms with E-state index >= 15 is 0 Å². The van der Waals surface area contributed by atoms with Gasteiger partial charge in [0.05, 0.1) is 6.54 Å². The number of benzene rings is 2. The molecule has 0 saturated heterocycles. The van der Waals surface area contributed by atoms with Crippen LogP contribution in [0.25, 0.3) is 0 Å². The average molecular weight is 394 g/mol. The van der Waals surface area contributed by atoms with Crippen molar-refractivity contribution in [2.24, 2.45) is 0 Å². The Morgan fingerprint density at radius 1 is 1.00 bits per heavy atom. The maximum Gasteiger partial charge on any atom is 0.417 e. The molecule has 0 radical (unpaired) electrons. The molecule has 154 valence electrons. The number of nitrogens with zero attached hydrogens (tertiary/aromatic N) is 1. The van der Waals surface area contributed by atoms with Crippen molar-refractivity contribution in [3.63, 3.8) is 0 Å². The molecule has 0 atom stereocenters. The summed E-state index contributed by atoms with van der Waals surface area (Å²) in [6, 6.07) is 16.9. The SMILES string of the molecule is CC/C=C(/C)Cc1ccccc1C(=O)N(Cc1ccccc1)C(=O)OC(C)(C)C. The molecule has 0 spiro atoms. The van der Waals surface area contributed by atoms with Crippen molar-refractivity contribution in [1.29, 1.82) is 0 Å². The van der Waals surface area contributed by atoms with Gasteiger partial charge in [0.25, 0.3) is 5.91 Å². The van der Waals surface area contributed by atoms with Crippen molar-refractivity contribution < 1.29 is 14.3 Å². The first kappa shape index (κ1) is 22.4. The zero-order chi connectivity index (χ0) is 21.4. The largest absolute Gasteiger partial charge is 0.443 e. The van der Waals surface area contributed by atoms with Crippen LogP contribution in [0.4, 0.5) is 4.79 Å². The Morgan fingerprint density at radius 2 is 1.62 bits per heavy atom. The molecule has 2 aromatic rings. The zero-order valence-corrected chi connectivity index (χ0v) is 18.1. The molecule has 0 aliphatic rings. The van der Waals surface area contributed by atoms with Crippen LogP contribution in [-0.2, 0) is 17.7 Å². The number of carbonyl (C=O) groups excluding carboxylic acids is 2. The van der Waals surface area contributed by atoms with Gasteiger partial charge in [-0.15, -0.1) is 0 Å². The second-order valence-corrected chi connectivity index (χ2v) is 8.15. The van der Waals surface area contributed by atoms with Gasteiger partial charge in [0.15, 0.2) is 0 Å². The Labute approximate surface area is 174 Å². The summed E-state index contributed by atoms with van der Waals surface area (Å²) in [6.07, 6.45) is 3.13. The molecule has 0 unspecified atom stereocenters. The standard InChI is InChI=1S/C25H31NO3/c1-6-12-19(2)17-21-15-10-11-16-22(21)23(27)26(24(28)29-25(3,4)5)18-20-13-8-7-9-14-20/h7-16H,6,17-18H2,1-5H3/b19-12-. The lowest BCUT2D eigenvalue weighted by atomic mass is 9.99. The third-order valence-corrected chi connectivity index (χ3v) is 4.31. The third-order valence-electron chi connectivity index (χ3n) is 4.31. The van der Waals surface area contributed by atoms with Crippen molar-refractivity contribution in [3.8, 4) is 0 Å². The minimum Gasteiger partial charge on any atom is -0.443 e. The van der Waals surface area contributed by atoms with Crippen LogP contribution >= 0.6 is 0 Å². The summed E-state index contributed by atoms with van der Waals surface area (Å²) in [4.78, 5) is 27.5. The maximum absolute atomic E-state index is 13.4. The van der Waals surface area contributed by atoms with Crippen LogP contribution in [-0.4, -0.2) is 22.5 Å². The number of rotatable bonds is 6. The number of ether oxygens (including phenoxy) is 1. The van der Waals surface area contributed by atoms with Crippen molar-refractivity contribution in [2.75, 3.05) is 0 Å². The van der Waals surface area contributed by atoms with Crippen LogP contribution in [0.1, 0.15) is 62.5 Å². The lowest BCUT2D eigenvalue weighted by Crippen LogP contribution is -2.40. The van der Waals surface area contributed by atoms with E-state index in [0.717, 1.165) is 17.5 Å². The number of hydrogen-bond donors (Lipinski definition) is 0. The summed E-state index contributed by atoms with van der Waals surface area (Å²) in [5.41, 5.74) is 2.80. The predicted molar refractivity (Wildman–Crippen MR) is 117 cm³/mol. The molecule has 2 amide bonds. The van der Waals surface area contributed by atoms with E-state index in [1.807, 2.05) is 48.5 Å². The van der Waals surface area contributed by atoms with Crippen LogP contribution in [0.5, 0.6) is 0 Å². The van der Waals surface area contributed by atoms with Crippen molar-refractivity contribution in [1.82, 2.24) is 4.90 Å². The summed E-state index contributed by atoms with van der Waals surface area (Å²) in [5.74, 6) is -0.344. The van der Waals surface area contributed by atoms with Gasteiger partial charge in [0.2, 0.25) is 0 Å². The van der Waals surface area contributed by atoms with Gasteiger partial charge in [-0.1, -0.05) is 67.1 Å². The van der Waals surface area contributed by atoms with E-state index in [9.17, 15) is 9.59 Å². The molecule has 0 aliphatic carbocycles. The lowest BCUT2D eigenvalue weighted by Gasteiger charge is -2.27. The Balaban J connectivity index is 2.39. The summed E-state index contributed by atoms with van der Waals surface area (Å²) < 4.78 is 5.53. The van der Waals surface area contributed by atoms with Gasteiger partial charge in [0.1, 0.15) is 5.60 Å². The fourth-order valence-electron chi connectivity index (χ4n) is 3.05. The van der Waals surface area contributed by atoms with E-state index in [2.05, 4.69) is 19.9 Å². The molecule has 0 aliphatic heterocycles. The van der Waals surface area contributed by atoms with Crippen LogP contribution < -0.4 is 0 Å². The highest BCUT2D eigenvalue weighted by molar-refractivity contribution is 6.04. The second-order valence-electron chi connectivity index (χ2n) is 8.15. The lowest BCUT2D eigenvalue weighted by molar-refractivity contribution is 0.0227. The van der Waals surface area contributed by atoms with E-state index in [0.29, 0.717) is 12.0 Å². The Bertz CT molecular complexity index is 863. The minimum atomic E-state index is -0.688. The monoisotopic (exact) mass is 393 g/mol. The third kappa shape index (κ3) is 6.90. The number of allylic oxidation sites excluding steroid dienone is 2. The minimum absolute atomic E-state index is 0.159. The molecule has 0 fully saturated rings. The van der Waals surface area contributed by atoms with Gasteiger partial charge >= 0.3 is 6.09 Å². The maximum atomic E-state index is 13.4. The number of imide groups is 1. The van der Waals surface area contributed by atoms with Gasteiger partial charge in [-0.05, 0) is 57.7 Å². The summed E-state index contributed by atoms with van der Waals surface area (Å²) in [7, 11) is 0. The fraction of sp³-hybridized carbons (Fsp3) is 0.360. The van der Waals surface area contributed by atoms with Gasteiger partial charge < -0.3 is 4.74 Å². The molecule has 0 aromatic heterocycles. The van der Waals surface area contributed by atoms with Crippen LogP contribution in [0, 0.1) is 0 Å². The number of carbonyl (C=O) groups is 2. The quantitative estimate of drug-likeness (QED) is 0.552. The molecule has 0 N–H and O–H groups in total. The first-order chi connectivity index (χ1) is 13.7. The van der Waals surface area contributed by atoms with E-state index < -0.39 is 11.7 Å². The van der Waals surface area contributed by atoms with Gasteiger partial charge in [0, 0.05) is 5.56 Å². The van der Waals surface area contributed by atoms with Crippen molar-refractivity contribution in [2.45, 2.75) is 59.6 Å². The van der Waals surface area contributed by atoms with Gasteiger partial charge in [-0.3, -0.25) is 4.79 Å². The highest BCUT2D eigenvalue weighted by Crippen LogP contribution is 2.20. The topological polar surface area (TPSA) is 46.6 Å². The van der Waals surface area contributed by atoms with E-state index in [4.69, 9.17) is 4.74 Å². The van der Waals surface area contributed by atoms with Crippen LogP contribution in [0.2, 0.25) is 0 Å².